The number of likely N-dealkylation sites (tertiary alicyclic amines) is 1. The van der Waals surface area contributed by atoms with Gasteiger partial charge in [0.15, 0.2) is 11.5 Å². The fraction of sp³-hybridized carbons (Fsp3) is 0.560. The van der Waals surface area contributed by atoms with Gasteiger partial charge in [0, 0.05) is 31.7 Å². The van der Waals surface area contributed by atoms with Crippen LogP contribution < -0.4 is 9.47 Å². The van der Waals surface area contributed by atoms with E-state index in [4.69, 9.17) is 9.47 Å². The molecule has 1 saturated carbocycles. The van der Waals surface area contributed by atoms with Crippen molar-refractivity contribution in [1.82, 2.24) is 9.88 Å². The molecule has 1 aromatic heterocycles. The van der Waals surface area contributed by atoms with E-state index in [2.05, 4.69) is 47.1 Å². The normalized spacial score (nSPS) is 22.2. The van der Waals surface area contributed by atoms with E-state index in [0.717, 1.165) is 49.7 Å². The first-order chi connectivity index (χ1) is 14.2. The van der Waals surface area contributed by atoms with E-state index < -0.39 is 0 Å². The summed E-state index contributed by atoms with van der Waals surface area (Å²) in [4.78, 5) is 6.99. The number of hydrogen-bond donors (Lipinski definition) is 0. The molecule has 1 aromatic carbocycles. The summed E-state index contributed by atoms with van der Waals surface area (Å²) in [5.41, 5.74) is 2.50. The minimum atomic E-state index is 0.343. The van der Waals surface area contributed by atoms with E-state index in [1.54, 1.807) is 7.11 Å². The second kappa shape index (κ2) is 10.6. The van der Waals surface area contributed by atoms with Crippen LogP contribution in [0.1, 0.15) is 63.6 Å². The second-order valence-electron chi connectivity index (χ2n) is 8.03. The molecule has 2 heterocycles. The molecule has 0 N–H and O–H groups in total. The van der Waals surface area contributed by atoms with Gasteiger partial charge in [-0.2, -0.15) is 0 Å². The molecule has 0 spiro atoms. The lowest BCUT2D eigenvalue weighted by Crippen LogP contribution is -2.20. The number of hydrogen-bond acceptors (Lipinski definition) is 4. The SMILES string of the molecule is CC.COc1ccc([C@@H]2CN(Cc3ccccn3)C[C@@H]2C)cc1OC1CCCC1. The summed E-state index contributed by atoms with van der Waals surface area (Å²) >= 11 is 0. The lowest BCUT2D eigenvalue weighted by molar-refractivity contribution is 0.200. The highest BCUT2D eigenvalue weighted by Gasteiger charge is 2.31. The maximum atomic E-state index is 6.31. The van der Waals surface area contributed by atoms with Crippen LogP contribution in [-0.4, -0.2) is 36.2 Å². The zero-order valence-electron chi connectivity index (χ0n) is 18.4. The van der Waals surface area contributed by atoms with Crippen LogP contribution >= 0.6 is 0 Å². The van der Waals surface area contributed by atoms with E-state index >= 15 is 0 Å². The average Bonchev–Trinajstić information content (AvgIpc) is 3.40. The van der Waals surface area contributed by atoms with Gasteiger partial charge in [0.25, 0.3) is 0 Å². The number of benzene rings is 1. The lowest BCUT2D eigenvalue weighted by Gasteiger charge is -2.20. The number of pyridine rings is 1. The first-order valence-corrected chi connectivity index (χ1v) is 11.2. The van der Waals surface area contributed by atoms with Crippen LogP contribution in [0.5, 0.6) is 11.5 Å². The Balaban J connectivity index is 0.00000117. The van der Waals surface area contributed by atoms with E-state index in [1.165, 1.54) is 18.4 Å². The number of nitrogens with zero attached hydrogens (tertiary/aromatic N) is 2. The van der Waals surface area contributed by atoms with Gasteiger partial charge in [-0.15, -0.1) is 0 Å². The number of aromatic nitrogens is 1. The second-order valence-corrected chi connectivity index (χ2v) is 8.03. The largest absolute Gasteiger partial charge is 0.493 e. The van der Waals surface area contributed by atoms with Crippen molar-refractivity contribution in [3.8, 4) is 11.5 Å². The van der Waals surface area contributed by atoms with E-state index in [0.29, 0.717) is 17.9 Å². The lowest BCUT2D eigenvalue weighted by atomic mass is 9.90. The molecule has 4 nitrogen and oxygen atoms in total. The van der Waals surface area contributed by atoms with Gasteiger partial charge in [-0.1, -0.05) is 32.9 Å². The molecule has 2 aliphatic rings. The summed E-state index contributed by atoms with van der Waals surface area (Å²) < 4.78 is 11.9. The maximum Gasteiger partial charge on any atom is 0.161 e. The van der Waals surface area contributed by atoms with Gasteiger partial charge in [-0.05, 0) is 61.4 Å². The smallest absolute Gasteiger partial charge is 0.161 e. The van der Waals surface area contributed by atoms with Crippen molar-refractivity contribution < 1.29 is 9.47 Å². The first-order valence-electron chi connectivity index (χ1n) is 11.2. The third kappa shape index (κ3) is 5.51. The molecule has 2 aromatic rings. The molecule has 1 saturated heterocycles. The average molecular weight is 397 g/mol. The van der Waals surface area contributed by atoms with Crippen LogP contribution in [0.15, 0.2) is 42.6 Å². The van der Waals surface area contributed by atoms with E-state index in [-0.39, 0.29) is 0 Å². The van der Waals surface area contributed by atoms with Crippen molar-refractivity contribution in [2.75, 3.05) is 20.2 Å². The summed E-state index contributed by atoms with van der Waals surface area (Å²) in [6, 6.07) is 12.7. The molecular formula is C25H36N2O2. The summed E-state index contributed by atoms with van der Waals surface area (Å²) in [7, 11) is 1.73. The van der Waals surface area contributed by atoms with Crippen LogP contribution in [0.4, 0.5) is 0 Å². The van der Waals surface area contributed by atoms with Crippen molar-refractivity contribution >= 4 is 0 Å². The third-order valence-corrected chi connectivity index (χ3v) is 6.01. The molecule has 0 amide bonds. The highest BCUT2D eigenvalue weighted by atomic mass is 16.5. The standard InChI is InChI=1S/C23H30N2O2.C2H6/c1-17-14-25(15-19-7-5-6-12-24-19)16-21(17)18-10-11-22(26-2)23(13-18)27-20-8-3-4-9-20;1-2/h5-7,10-13,17,20-21H,3-4,8-9,14-16H2,1-2H3;1-2H3/t17-,21+;/m0./s1. The molecule has 0 bridgehead atoms. The Labute approximate surface area is 176 Å². The molecule has 4 rings (SSSR count). The number of ether oxygens (including phenoxy) is 2. The Bertz CT molecular complexity index is 744. The summed E-state index contributed by atoms with van der Waals surface area (Å²) in [5.74, 6) is 2.89. The Kier molecular flexibility index (Phi) is 7.93. The van der Waals surface area contributed by atoms with E-state index in [9.17, 15) is 0 Å². The summed E-state index contributed by atoms with van der Waals surface area (Å²) in [6.07, 6.45) is 7.08. The molecule has 2 atom stereocenters. The Hall–Kier alpha value is -2.07. The summed E-state index contributed by atoms with van der Waals surface area (Å²) in [6.45, 7) is 9.44. The summed E-state index contributed by atoms with van der Waals surface area (Å²) in [5, 5.41) is 0. The first kappa shape index (κ1) is 21.6. The quantitative estimate of drug-likeness (QED) is 0.630. The third-order valence-electron chi connectivity index (χ3n) is 6.01. The van der Waals surface area contributed by atoms with Crippen molar-refractivity contribution in [1.29, 1.82) is 0 Å². The predicted molar refractivity (Wildman–Crippen MR) is 119 cm³/mol. The molecule has 29 heavy (non-hydrogen) atoms. The fourth-order valence-corrected chi connectivity index (χ4v) is 4.55. The van der Waals surface area contributed by atoms with E-state index in [1.807, 2.05) is 26.1 Å². The fourth-order valence-electron chi connectivity index (χ4n) is 4.55. The van der Waals surface area contributed by atoms with Gasteiger partial charge in [-0.3, -0.25) is 9.88 Å². The zero-order chi connectivity index (χ0) is 20.6. The minimum Gasteiger partial charge on any atom is -0.493 e. The van der Waals surface area contributed by atoms with Crippen molar-refractivity contribution in [2.45, 2.75) is 65.0 Å². The minimum absolute atomic E-state index is 0.343. The van der Waals surface area contributed by atoms with Crippen molar-refractivity contribution in [3.05, 3.63) is 53.9 Å². The Morgan fingerprint density at radius 2 is 1.83 bits per heavy atom. The molecule has 158 valence electrons. The molecule has 1 aliphatic heterocycles. The van der Waals surface area contributed by atoms with Crippen LogP contribution in [0.2, 0.25) is 0 Å². The molecular weight excluding hydrogens is 360 g/mol. The highest BCUT2D eigenvalue weighted by Crippen LogP contribution is 2.38. The van der Waals surface area contributed by atoms with Gasteiger partial charge in [-0.25, -0.2) is 0 Å². The Morgan fingerprint density at radius 3 is 2.52 bits per heavy atom. The van der Waals surface area contributed by atoms with Crippen molar-refractivity contribution in [2.24, 2.45) is 5.92 Å². The van der Waals surface area contributed by atoms with Crippen LogP contribution in [-0.2, 0) is 6.54 Å². The van der Waals surface area contributed by atoms with Crippen LogP contribution in [0, 0.1) is 5.92 Å². The highest BCUT2D eigenvalue weighted by molar-refractivity contribution is 5.44. The molecule has 4 heteroatoms. The van der Waals surface area contributed by atoms with Gasteiger partial charge in [0.05, 0.1) is 18.9 Å². The number of methoxy groups -OCH3 is 1. The van der Waals surface area contributed by atoms with Gasteiger partial charge < -0.3 is 9.47 Å². The van der Waals surface area contributed by atoms with Crippen molar-refractivity contribution in [3.63, 3.8) is 0 Å². The molecule has 2 fully saturated rings. The van der Waals surface area contributed by atoms with Gasteiger partial charge >= 0.3 is 0 Å². The predicted octanol–water partition coefficient (Wildman–Crippen LogP) is 5.67. The molecule has 0 unspecified atom stereocenters. The molecule has 1 aliphatic carbocycles. The van der Waals surface area contributed by atoms with Crippen LogP contribution in [0.25, 0.3) is 0 Å². The monoisotopic (exact) mass is 396 g/mol. The van der Waals surface area contributed by atoms with Gasteiger partial charge in [0.2, 0.25) is 0 Å². The maximum absolute atomic E-state index is 6.31. The number of rotatable bonds is 6. The zero-order valence-corrected chi connectivity index (χ0v) is 18.4. The van der Waals surface area contributed by atoms with Gasteiger partial charge in [0.1, 0.15) is 0 Å². The molecule has 0 radical (unpaired) electrons. The van der Waals surface area contributed by atoms with Crippen LogP contribution in [0.3, 0.4) is 0 Å². The topological polar surface area (TPSA) is 34.6 Å². The Morgan fingerprint density at radius 1 is 1.03 bits per heavy atom.